The third-order valence-electron chi connectivity index (χ3n) is 1.79. The maximum absolute atomic E-state index is 5.86. The molecule has 0 aliphatic rings. The summed E-state index contributed by atoms with van der Waals surface area (Å²) in [6.45, 7) is 0. The van der Waals surface area contributed by atoms with Crippen LogP contribution in [0.1, 0.15) is 0 Å². The average molecular weight is 317 g/mol. The van der Waals surface area contributed by atoms with Gasteiger partial charge < -0.3 is 5.73 Å². The van der Waals surface area contributed by atoms with Crippen molar-refractivity contribution in [3.8, 4) is 5.69 Å². The van der Waals surface area contributed by atoms with Crippen LogP contribution in [-0.2, 0) is 0 Å². The van der Waals surface area contributed by atoms with E-state index < -0.39 is 0 Å². The summed E-state index contributed by atoms with van der Waals surface area (Å²) in [6.07, 6.45) is 3.58. The smallest absolute Gasteiger partial charge is 0.0876 e. The van der Waals surface area contributed by atoms with Crippen molar-refractivity contribution in [2.24, 2.45) is 0 Å². The van der Waals surface area contributed by atoms with E-state index in [1.165, 1.54) is 0 Å². The number of nitrogens with two attached hydrogens (primary N) is 1. The van der Waals surface area contributed by atoms with Gasteiger partial charge in [0.2, 0.25) is 0 Å². The van der Waals surface area contributed by atoms with Crippen molar-refractivity contribution in [3.05, 3.63) is 39.5 Å². The predicted octanol–water partition coefficient (Wildman–Crippen LogP) is 2.98. The Balaban J connectivity index is 2.52. The lowest BCUT2D eigenvalue weighted by Crippen LogP contribution is -1.99. The molecule has 3 nitrogen and oxygen atoms in total. The molecule has 0 aliphatic heterocycles. The van der Waals surface area contributed by atoms with Crippen LogP contribution in [0.25, 0.3) is 5.69 Å². The van der Waals surface area contributed by atoms with Gasteiger partial charge in [0.1, 0.15) is 0 Å². The number of anilines is 1. The zero-order valence-electron chi connectivity index (χ0n) is 7.11. The molecule has 5 heteroatoms. The van der Waals surface area contributed by atoms with Crippen LogP contribution in [0.2, 0.25) is 0 Å². The lowest BCUT2D eigenvalue weighted by Gasteiger charge is -2.05. The number of benzene rings is 1. The molecule has 0 atom stereocenters. The first kappa shape index (κ1) is 9.73. The molecule has 72 valence electrons. The molecule has 2 aromatic rings. The van der Waals surface area contributed by atoms with Crippen molar-refractivity contribution in [2.75, 3.05) is 5.73 Å². The SMILES string of the molecule is Nc1cc(Br)ccc1-n1cc(Br)cn1. The van der Waals surface area contributed by atoms with Crippen molar-refractivity contribution < 1.29 is 0 Å². The van der Waals surface area contributed by atoms with Crippen LogP contribution in [0.4, 0.5) is 5.69 Å². The van der Waals surface area contributed by atoms with Crippen molar-refractivity contribution in [1.29, 1.82) is 0 Å². The van der Waals surface area contributed by atoms with Gasteiger partial charge in [0.05, 0.1) is 22.0 Å². The fourth-order valence-corrected chi connectivity index (χ4v) is 1.83. The van der Waals surface area contributed by atoms with E-state index >= 15 is 0 Å². The van der Waals surface area contributed by atoms with Crippen LogP contribution in [0.5, 0.6) is 0 Å². The fourth-order valence-electron chi connectivity index (χ4n) is 1.17. The van der Waals surface area contributed by atoms with Gasteiger partial charge in [-0.25, -0.2) is 4.68 Å². The second-order valence-electron chi connectivity index (χ2n) is 2.81. The van der Waals surface area contributed by atoms with Crippen molar-refractivity contribution in [2.45, 2.75) is 0 Å². The maximum Gasteiger partial charge on any atom is 0.0876 e. The monoisotopic (exact) mass is 315 g/mol. The molecule has 0 spiro atoms. The minimum absolute atomic E-state index is 0.690. The van der Waals surface area contributed by atoms with E-state index in [-0.39, 0.29) is 0 Å². The van der Waals surface area contributed by atoms with E-state index in [1.807, 2.05) is 24.4 Å². The highest BCUT2D eigenvalue weighted by molar-refractivity contribution is 9.10. The molecule has 14 heavy (non-hydrogen) atoms. The topological polar surface area (TPSA) is 43.8 Å². The van der Waals surface area contributed by atoms with Gasteiger partial charge in [0.25, 0.3) is 0 Å². The Morgan fingerprint density at radius 2 is 2.00 bits per heavy atom. The highest BCUT2D eigenvalue weighted by Crippen LogP contribution is 2.22. The van der Waals surface area contributed by atoms with Gasteiger partial charge in [0.15, 0.2) is 0 Å². The number of rotatable bonds is 1. The van der Waals surface area contributed by atoms with Crippen molar-refractivity contribution >= 4 is 37.5 Å². The summed E-state index contributed by atoms with van der Waals surface area (Å²) in [5.41, 5.74) is 7.42. The highest BCUT2D eigenvalue weighted by atomic mass is 79.9. The first-order chi connectivity index (χ1) is 6.66. The van der Waals surface area contributed by atoms with Gasteiger partial charge in [0, 0.05) is 10.7 Å². The van der Waals surface area contributed by atoms with Crippen LogP contribution in [-0.4, -0.2) is 9.78 Å². The van der Waals surface area contributed by atoms with Gasteiger partial charge in [-0.3, -0.25) is 0 Å². The average Bonchev–Trinajstić information content (AvgIpc) is 2.51. The van der Waals surface area contributed by atoms with E-state index in [9.17, 15) is 0 Å². The number of hydrogen-bond acceptors (Lipinski definition) is 2. The molecule has 0 unspecified atom stereocenters. The predicted molar refractivity (Wildman–Crippen MR) is 63.4 cm³/mol. The zero-order chi connectivity index (χ0) is 10.1. The molecule has 2 rings (SSSR count). The first-order valence-electron chi connectivity index (χ1n) is 3.92. The quantitative estimate of drug-likeness (QED) is 0.822. The Morgan fingerprint density at radius 1 is 1.21 bits per heavy atom. The zero-order valence-corrected chi connectivity index (χ0v) is 10.3. The molecule has 1 heterocycles. The minimum Gasteiger partial charge on any atom is -0.397 e. The number of halogens is 2. The number of hydrogen-bond donors (Lipinski definition) is 1. The largest absolute Gasteiger partial charge is 0.397 e. The standard InChI is InChI=1S/C9H7Br2N3/c10-6-1-2-9(8(12)3-6)14-5-7(11)4-13-14/h1-5H,12H2. The molecule has 2 N–H and O–H groups in total. The molecule has 0 aliphatic carbocycles. The molecule has 0 radical (unpaired) electrons. The third kappa shape index (κ3) is 1.83. The lowest BCUT2D eigenvalue weighted by molar-refractivity contribution is 0.882. The molecular formula is C9H7Br2N3. The van der Waals surface area contributed by atoms with Gasteiger partial charge >= 0.3 is 0 Å². The van der Waals surface area contributed by atoms with E-state index in [0.29, 0.717) is 5.69 Å². The number of nitrogen functional groups attached to an aromatic ring is 1. The van der Waals surface area contributed by atoms with Crippen LogP contribution >= 0.6 is 31.9 Å². The molecule has 0 saturated heterocycles. The summed E-state index contributed by atoms with van der Waals surface area (Å²) in [6, 6.07) is 5.70. The van der Waals surface area contributed by atoms with E-state index in [0.717, 1.165) is 14.6 Å². The first-order valence-corrected chi connectivity index (χ1v) is 5.51. The number of aromatic nitrogens is 2. The lowest BCUT2D eigenvalue weighted by atomic mass is 10.3. The normalized spacial score (nSPS) is 10.4. The van der Waals surface area contributed by atoms with Gasteiger partial charge in [-0.2, -0.15) is 5.10 Å². The third-order valence-corrected chi connectivity index (χ3v) is 2.69. The van der Waals surface area contributed by atoms with Crippen molar-refractivity contribution in [3.63, 3.8) is 0 Å². The second-order valence-corrected chi connectivity index (χ2v) is 4.64. The van der Waals surface area contributed by atoms with E-state index in [1.54, 1.807) is 10.9 Å². The Morgan fingerprint density at radius 3 is 2.57 bits per heavy atom. The van der Waals surface area contributed by atoms with Gasteiger partial charge in [-0.15, -0.1) is 0 Å². The van der Waals surface area contributed by atoms with Gasteiger partial charge in [-0.05, 0) is 34.1 Å². The van der Waals surface area contributed by atoms with Gasteiger partial charge in [-0.1, -0.05) is 15.9 Å². The molecule has 1 aromatic carbocycles. The van der Waals surface area contributed by atoms with Crippen LogP contribution in [0.3, 0.4) is 0 Å². The fraction of sp³-hybridized carbons (Fsp3) is 0. The molecule has 0 amide bonds. The Labute approximate surface area is 98.2 Å². The molecule has 0 saturated carbocycles. The van der Waals surface area contributed by atoms with Crippen LogP contribution in [0, 0.1) is 0 Å². The Bertz CT molecular complexity index is 465. The molecule has 1 aromatic heterocycles. The highest BCUT2D eigenvalue weighted by Gasteiger charge is 2.03. The summed E-state index contributed by atoms with van der Waals surface area (Å²) in [4.78, 5) is 0. The minimum atomic E-state index is 0.690. The summed E-state index contributed by atoms with van der Waals surface area (Å²) < 4.78 is 3.62. The van der Waals surface area contributed by atoms with E-state index in [2.05, 4.69) is 37.0 Å². The number of nitrogens with zero attached hydrogens (tertiary/aromatic N) is 2. The molecule has 0 bridgehead atoms. The molecular weight excluding hydrogens is 310 g/mol. The second kappa shape index (κ2) is 3.74. The van der Waals surface area contributed by atoms with Crippen molar-refractivity contribution in [1.82, 2.24) is 9.78 Å². The summed E-state index contributed by atoms with van der Waals surface area (Å²) >= 11 is 6.69. The Hall–Kier alpha value is -0.810. The summed E-state index contributed by atoms with van der Waals surface area (Å²) in [5, 5.41) is 4.15. The maximum atomic E-state index is 5.86. The van der Waals surface area contributed by atoms with Crippen LogP contribution < -0.4 is 5.73 Å². The molecule has 0 fully saturated rings. The summed E-state index contributed by atoms with van der Waals surface area (Å²) in [5.74, 6) is 0. The van der Waals surface area contributed by atoms with E-state index in [4.69, 9.17) is 5.73 Å². The Kier molecular flexibility index (Phi) is 2.60. The summed E-state index contributed by atoms with van der Waals surface area (Å²) in [7, 11) is 0. The van der Waals surface area contributed by atoms with Crippen LogP contribution in [0.15, 0.2) is 39.5 Å².